The molecule has 156 valence electrons. The molecule has 0 saturated carbocycles. The predicted molar refractivity (Wildman–Crippen MR) is 122 cm³/mol. The number of methoxy groups -OCH3 is 1. The molecular weight excluding hydrogens is 388 g/mol. The average molecular weight is 412 g/mol. The summed E-state index contributed by atoms with van der Waals surface area (Å²) >= 11 is 0. The van der Waals surface area contributed by atoms with Gasteiger partial charge >= 0.3 is 5.97 Å². The van der Waals surface area contributed by atoms with Crippen LogP contribution in [0.5, 0.6) is 0 Å². The van der Waals surface area contributed by atoms with Gasteiger partial charge in [0.25, 0.3) is 0 Å². The van der Waals surface area contributed by atoms with Gasteiger partial charge in [0.15, 0.2) is 5.78 Å². The van der Waals surface area contributed by atoms with Gasteiger partial charge in [0.05, 0.1) is 24.5 Å². The first-order valence-electron chi connectivity index (χ1n) is 10.5. The zero-order valence-electron chi connectivity index (χ0n) is 17.5. The Kier molecular flexibility index (Phi) is 4.74. The zero-order chi connectivity index (χ0) is 21.5. The molecule has 0 spiro atoms. The lowest BCUT2D eigenvalue weighted by atomic mass is 9.74. The van der Waals surface area contributed by atoms with E-state index in [1.807, 2.05) is 49.4 Å². The lowest BCUT2D eigenvalue weighted by Gasteiger charge is -2.32. The largest absolute Gasteiger partial charge is 0.468 e. The van der Waals surface area contributed by atoms with Gasteiger partial charge in [-0.3, -0.25) is 9.59 Å². The van der Waals surface area contributed by atoms with Gasteiger partial charge in [0, 0.05) is 11.3 Å². The van der Waals surface area contributed by atoms with Gasteiger partial charge < -0.3 is 15.4 Å². The Hall–Kier alpha value is -3.60. The maximum atomic E-state index is 13.8. The highest BCUT2D eigenvalue weighted by Gasteiger charge is 2.44. The van der Waals surface area contributed by atoms with Crippen molar-refractivity contribution >= 4 is 33.9 Å². The van der Waals surface area contributed by atoms with Crippen LogP contribution in [0.25, 0.3) is 10.8 Å². The Morgan fingerprint density at radius 2 is 1.68 bits per heavy atom. The van der Waals surface area contributed by atoms with Crippen molar-refractivity contribution in [2.75, 3.05) is 17.7 Å². The quantitative estimate of drug-likeness (QED) is 0.454. The molecule has 31 heavy (non-hydrogen) atoms. The molecular formula is C26H24N2O3. The van der Waals surface area contributed by atoms with Crippen LogP contribution in [0.2, 0.25) is 0 Å². The topological polar surface area (TPSA) is 67.4 Å². The minimum Gasteiger partial charge on any atom is -0.468 e. The number of benzene rings is 3. The Balaban J connectivity index is 1.74. The first kappa shape index (κ1) is 19.4. The number of nitrogens with one attached hydrogen (secondary N) is 2. The van der Waals surface area contributed by atoms with Crippen LogP contribution < -0.4 is 10.6 Å². The second kappa shape index (κ2) is 7.58. The summed E-state index contributed by atoms with van der Waals surface area (Å²) in [5.41, 5.74) is 4.34. The van der Waals surface area contributed by atoms with E-state index < -0.39 is 11.9 Å². The van der Waals surface area contributed by atoms with E-state index in [4.69, 9.17) is 4.74 Å². The van der Waals surface area contributed by atoms with Crippen LogP contribution in [-0.2, 0) is 14.3 Å². The molecule has 5 heteroatoms. The first-order valence-corrected chi connectivity index (χ1v) is 10.5. The van der Waals surface area contributed by atoms with Crippen LogP contribution in [0.4, 0.5) is 11.4 Å². The van der Waals surface area contributed by atoms with Gasteiger partial charge in [-0.1, -0.05) is 61.5 Å². The van der Waals surface area contributed by atoms with Crippen LogP contribution in [0, 0.1) is 11.8 Å². The second-order valence-electron chi connectivity index (χ2n) is 8.26. The molecule has 0 amide bonds. The standard InChI is InChI=1S/C26H24N2O3/c1-15-14-21-23(25(29)22(15)26(30)31-2)24(28-20-13-6-5-12-19(20)27-21)18-11-7-9-16-8-3-4-10-17(16)18/h3-13,15,22,24,27-28H,14H2,1-2H3/t15-,22-,24+/m0/s1. The summed E-state index contributed by atoms with van der Waals surface area (Å²) in [5.74, 6) is -1.59. The summed E-state index contributed by atoms with van der Waals surface area (Å²) < 4.78 is 4.99. The molecule has 3 aromatic rings. The van der Waals surface area contributed by atoms with Crippen molar-refractivity contribution in [1.29, 1.82) is 0 Å². The fourth-order valence-corrected chi connectivity index (χ4v) is 4.87. The third-order valence-electron chi connectivity index (χ3n) is 6.36. The van der Waals surface area contributed by atoms with E-state index in [0.717, 1.165) is 33.4 Å². The summed E-state index contributed by atoms with van der Waals surface area (Å²) in [5, 5.41) is 9.27. The van der Waals surface area contributed by atoms with Crippen LogP contribution >= 0.6 is 0 Å². The Morgan fingerprint density at radius 3 is 2.48 bits per heavy atom. The van der Waals surface area contributed by atoms with Gasteiger partial charge in [-0.15, -0.1) is 0 Å². The van der Waals surface area contributed by atoms with E-state index >= 15 is 0 Å². The number of hydrogen-bond donors (Lipinski definition) is 2. The van der Waals surface area contributed by atoms with Crippen molar-refractivity contribution < 1.29 is 14.3 Å². The molecule has 0 aromatic heterocycles. The van der Waals surface area contributed by atoms with Crippen LogP contribution in [0.3, 0.4) is 0 Å². The molecule has 5 rings (SSSR count). The Morgan fingerprint density at radius 1 is 0.968 bits per heavy atom. The van der Waals surface area contributed by atoms with Gasteiger partial charge in [0.2, 0.25) is 0 Å². The molecule has 1 heterocycles. The lowest BCUT2D eigenvalue weighted by molar-refractivity contribution is -0.151. The second-order valence-corrected chi connectivity index (χ2v) is 8.26. The van der Waals surface area contributed by atoms with Gasteiger partial charge in [-0.25, -0.2) is 0 Å². The van der Waals surface area contributed by atoms with Gasteiger partial charge in [-0.05, 0) is 40.8 Å². The van der Waals surface area contributed by atoms with Gasteiger partial charge in [0.1, 0.15) is 5.92 Å². The minimum absolute atomic E-state index is 0.148. The van der Waals surface area contributed by atoms with Crippen LogP contribution in [0.1, 0.15) is 24.9 Å². The number of ether oxygens (including phenoxy) is 1. The highest BCUT2D eigenvalue weighted by atomic mass is 16.5. The molecule has 0 radical (unpaired) electrons. The number of Topliss-reactive ketones (excluding diaryl/α,β-unsaturated/α-hetero) is 1. The monoisotopic (exact) mass is 412 g/mol. The minimum atomic E-state index is -0.800. The highest BCUT2D eigenvalue weighted by molar-refractivity contribution is 6.12. The Bertz CT molecular complexity index is 1220. The number of hydrogen-bond acceptors (Lipinski definition) is 5. The molecule has 1 aliphatic carbocycles. The number of ketones is 1. The van der Waals surface area contributed by atoms with Gasteiger partial charge in [-0.2, -0.15) is 0 Å². The molecule has 2 N–H and O–H groups in total. The van der Waals surface area contributed by atoms with Crippen molar-refractivity contribution in [2.45, 2.75) is 19.4 Å². The summed E-state index contributed by atoms with van der Waals surface area (Å²) in [7, 11) is 1.34. The molecule has 0 fully saturated rings. The molecule has 3 atom stereocenters. The van der Waals surface area contributed by atoms with E-state index in [0.29, 0.717) is 12.0 Å². The highest BCUT2D eigenvalue weighted by Crippen LogP contribution is 2.44. The fourth-order valence-electron chi connectivity index (χ4n) is 4.87. The summed E-state index contributed by atoms with van der Waals surface area (Å²) in [6.45, 7) is 1.93. The lowest BCUT2D eigenvalue weighted by Crippen LogP contribution is -2.39. The van der Waals surface area contributed by atoms with E-state index in [2.05, 4.69) is 34.9 Å². The van der Waals surface area contributed by atoms with Crippen molar-refractivity contribution in [2.24, 2.45) is 11.8 Å². The molecule has 0 unspecified atom stereocenters. The number of carbonyl (C=O) groups excluding carboxylic acids is 2. The number of para-hydroxylation sites is 2. The van der Waals surface area contributed by atoms with Crippen molar-refractivity contribution in [3.05, 3.63) is 83.6 Å². The summed E-state index contributed by atoms with van der Waals surface area (Å²) in [6, 6.07) is 21.9. The summed E-state index contributed by atoms with van der Waals surface area (Å²) in [6.07, 6.45) is 0.595. The molecule has 1 aliphatic heterocycles. The fraction of sp³-hybridized carbons (Fsp3) is 0.231. The van der Waals surface area contributed by atoms with E-state index in [9.17, 15) is 9.59 Å². The maximum Gasteiger partial charge on any atom is 0.316 e. The average Bonchev–Trinajstić information content (AvgIpc) is 2.95. The molecule has 0 bridgehead atoms. The van der Waals surface area contributed by atoms with E-state index in [-0.39, 0.29) is 17.7 Å². The van der Waals surface area contributed by atoms with Crippen LogP contribution in [-0.4, -0.2) is 18.9 Å². The number of allylic oxidation sites excluding steroid dienone is 1. The smallest absolute Gasteiger partial charge is 0.316 e. The van der Waals surface area contributed by atoms with E-state index in [1.165, 1.54) is 7.11 Å². The normalized spacial score (nSPS) is 22.6. The number of esters is 1. The maximum absolute atomic E-state index is 13.8. The van der Waals surface area contributed by atoms with Crippen molar-refractivity contribution in [3.8, 4) is 0 Å². The number of rotatable bonds is 2. The van der Waals surface area contributed by atoms with Crippen LogP contribution in [0.15, 0.2) is 78.0 Å². The third kappa shape index (κ3) is 3.17. The molecule has 3 aromatic carbocycles. The molecule has 2 aliphatic rings. The summed E-state index contributed by atoms with van der Waals surface area (Å²) in [4.78, 5) is 26.3. The molecule has 0 saturated heterocycles. The SMILES string of the molecule is COC(=O)[C@@H]1C(=O)C2=C(C[C@@H]1C)Nc1ccccc1N[C@@H]2c1cccc2ccccc12. The third-order valence-corrected chi connectivity index (χ3v) is 6.36. The number of fused-ring (bicyclic) bond motifs is 2. The zero-order valence-corrected chi connectivity index (χ0v) is 17.5. The predicted octanol–water partition coefficient (Wildman–Crippen LogP) is 5.07. The number of anilines is 2. The number of carbonyl (C=O) groups is 2. The molecule has 5 nitrogen and oxygen atoms in total. The van der Waals surface area contributed by atoms with Crippen molar-refractivity contribution in [3.63, 3.8) is 0 Å². The Labute approximate surface area is 181 Å². The van der Waals surface area contributed by atoms with E-state index in [1.54, 1.807) is 0 Å². The first-order chi connectivity index (χ1) is 15.1. The van der Waals surface area contributed by atoms with Crippen molar-refractivity contribution in [1.82, 2.24) is 0 Å².